The van der Waals surface area contributed by atoms with Crippen molar-refractivity contribution in [2.75, 3.05) is 5.73 Å². The molecule has 0 saturated heterocycles. The predicted octanol–water partition coefficient (Wildman–Crippen LogP) is 3.55. The van der Waals surface area contributed by atoms with E-state index in [-0.39, 0.29) is 15.1 Å². The summed E-state index contributed by atoms with van der Waals surface area (Å²) >= 11 is 2.43. The van der Waals surface area contributed by atoms with Gasteiger partial charge in [-0.1, -0.05) is 0 Å². The molecule has 0 aliphatic carbocycles. The molecule has 0 aliphatic rings. The summed E-state index contributed by atoms with van der Waals surface area (Å²) in [6, 6.07) is 1.87. The molecule has 16 heavy (non-hydrogen) atoms. The number of rotatable bonds is 2. The first-order valence-electron chi connectivity index (χ1n) is 3.70. The minimum Gasteiger partial charge on any atom is -0.392 e. The zero-order chi connectivity index (χ0) is 12.5. The monoisotopic (exact) mass is 316 g/mol. The van der Waals surface area contributed by atoms with Crippen LogP contribution in [0.1, 0.15) is 0 Å². The van der Waals surface area contributed by atoms with Crippen LogP contribution in [0.4, 0.5) is 24.5 Å². The first kappa shape index (κ1) is 13.1. The van der Waals surface area contributed by atoms with Crippen molar-refractivity contribution >= 4 is 39.1 Å². The summed E-state index contributed by atoms with van der Waals surface area (Å²) in [5.41, 5.74) is 0.0883. The maximum absolute atomic E-state index is 12.1. The highest BCUT2D eigenvalue weighted by Gasteiger charge is 2.30. The van der Waals surface area contributed by atoms with Crippen LogP contribution in [-0.4, -0.2) is 10.4 Å². The van der Waals surface area contributed by atoms with Gasteiger partial charge in [-0.15, -0.1) is 0 Å². The van der Waals surface area contributed by atoms with Gasteiger partial charge in [0, 0.05) is 15.4 Å². The Bertz CT molecular complexity index is 438. The lowest BCUT2D eigenvalue weighted by atomic mass is 10.3. The maximum Gasteiger partial charge on any atom is 0.446 e. The Morgan fingerprint density at radius 3 is 2.44 bits per heavy atom. The van der Waals surface area contributed by atoms with Gasteiger partial charge in [0.15, 0.2) is 0 Å². The van der Waals surface area contributed by atoms with E-state index in [9.17, 15) is 23.3 Å². The van der Waals surface area contributed by atoms with Gasteiger partial charge in [0.2, 0.25) is 0 Å². The van der Waals surface area contributed by atoms with Crippen LogP contribution in [0.3, 0.4) is 0 Å². The van der Waals surface area contributed by atoms with Crippen LogP contribution >= 0.6 is 27.7 Å². The van der Waals surface area contributed by atoms with E-state index in [1.165, 1.54) is 0 Å². The van der Waals surface area contributed by atoms with E-state index in [0.717, 1.165) is 12.1 Å². The first-order valence-corrected chi connectivity index (χ1v) is 5.31. The molecule has 0 unspecified atom stereocenters. The zero-order valence-corrected chi connectivity index (χ0v) is 9.82. The van der Waals surface area contributed by atoms with Crippen molar-refractivity contribution in [2.45, 2.75) is 10.4 Å². The van der Waals surface area contributed by atoms with E-state index in [0.29, 0.717) is 0 Å². The fourth-order valence-electron chi connectivity index (χ4n) is 0.923. The fraction of sp³-hybridized carbons (Fsp3) is 0.143. The molecule has 1 rings (SSSR count). The number of hydrogen-bond donors (Lipinski definition) is 1. The van der Waals surface area contributed by atoms with Crippen LogP contribution in [-0.2, 0) is 0 Å². The van der Waals surface area contributed by atoms with E-state index in [2.05, 4.69) is 15.9 Å². The molecule has 2 N–H and O–H groups in total. The van der Waals surface area contributed by atoms with Gasteiger partial charge in [-0.05, 0) is 33.8 Å². The predicted molar refractivity (Wildman–Crippen MR) is 57.1 cm³/mol. The Balaban J connectivity index is 3.19. The first-order chi connectivity index (χ1) is 7.20. The maximum atomic E-state index is 12.1. The topological polar surface area (TPSA) is 69.2 Å². The molecule has 0 bridgehead atoms. The second kappa shape index (κ2) is 4.50. The average molecular weight is 317 g/mol. The lowest BCUT2D eigenvalue weighted by Crippen LogP contribution is -2.01. The SMILES string of the molecule is Nc1c(Br)cc(SC(F)(F)F)cc1[N+](=O)[O-]. The van der Waals surface area contributed by atoms with Crippen molar-refractivity contribution in [1.29, 1.82) is 0 Å². The summed E-state index contributed by atoms with van der Waals surface area (Å²) in [5.74, 6) is 0. The van der Waals surface area contributed by atoms with Gasteiger partial charge in [0.1, 0.15) is 5.69 Å². The number of nitrogens with two attached hydrogens (primary N) is 1. The van der Waals surface area contributed by atoms with Crippen LogP contribution in [0.25, 0.3) is 0 Å². The summed E-state index contributed by atoms with van der Waals surface area (Å²) in [6.45, 7) is 0. The van der Waals surface area contributed by atoms with Crippen LogP contribution in [0.2, 0.25) is 0 Å². The van der Waals surface area contributed by atoms with E-state index >= 15 is 0 Å². The second-order valence-corrected chi connectivity index (χ2v) is 4.64. The molecule has 0 fully saturated rings. The molecular weight excluding hydrogens is 313 g/mol. The summed E-state index contributed by atoms with van der Waals surface area (Å²) < 4.78 is 36.2. The van der Waals surface area contributed by atoms with E-state index in [4.69, 9.17) is 5.73 Å². The Morgan fingerprint density at radius 1 is 1.44 bits per heavy atom. The molecule has 0 heterocycles. The summed E-state index contributed by atoms with van der Waals surface area (Å²) in [4.78, 5) is 9.38. The van der Waals surface area contributed by atoms with Crippen LogP contribution in [0.15, 0.2) is 21.5 Å². The van der Waals surface area contributed by atoms with Crippen molar-refractivity contribution in [3.63, 3.8) is 0 Å². The smallest absolute Gasteiger partial charge is 0.392 e. The summed E-state index contributed by atoms with van der Waals surface area (Å²) in [6.07, 6.45) is 0. The molecule has 0 saturated carbocycles. The van der Waals surface area contributed by atoms with Gasteiger partial charge >= 0.3 is 5.51 Å². The number of nitrogens with zero attached hydrogens (tertiary/aromatic N) is 1. The number of nitrogen functional groups attached to an aromatic ring is 1. The second-order valence-electron chi connectivity index (χ2n) is 2.64. The van der Waals surface area contributed by atoms with Gasteiger partial charge in [-0.3, -0.25) is 10.1 Å². The van der Waals surface area contributed by atoms with Crippen molar-refractivity contribution in [2.24, 2.45) is 0 Å². The number of nitro benzene ring substituents is 1. The largest absolute Gasteiger partial charge is 0.446 e. The summed E-state index contributed by atoms with van der Waals surface area (Å²) in [7, 11) is 0. The zero-order valence-electron chi connectivity index (χ0n) is 7.42. The quantitative estimate of drug-likeness (QED) is 0.392. The minimum absolute atomic E-state index is 0.0634. The Kier molecular flexibility index (Phi) is 3.68. The lowest BCUT2D eigenvalue weighted by molar-refractivity contribution is -0.384. The number of hydrogen-bond acceptors (Lipinski definition) is 4. The molecule has 88 valence electrons. The van der Waals surface area contributed by atoms with Gasteiger partial charge in [0.05, 0.1) is 4.92 Å². The van der Waals surface area contributed by atoms with Crippen LogP contribution in [0, 0.1) is 10.1 Å². The highest BCUT2D eigenvalue weighted by atomic mass is 79.9. The Labute approximate surface area is 100 Å². The molecule has 1 aromatic rings. The van der Waals surface area contributed by atoms with E-state index in [1.807, 2.05) is 0 Å². The third-order valence-corrected chi connectivity index (χ3v) is 2.87. The molecular formula is C7H4BrF3N2O2S. The number of alkyl halides is 3. The Morgan fingerprint density at radius 2 is 2.00 bits per heavy atom. The molecule has 0 spiro atoms. The summed E-state index contributed by atoms with van der Waals surface area (Å²) in [5, 5.41) is 10.5. The fourth-order valence-corrected chi connectivity index (χ4v) is 2.14. The molecule has 0 atom stereocenters. The standard InChI is InChI=1S/C7H4BrF3N2O2S/c8-4-1-3(16-7(9,10)11)2-5(6(4)12)13(14)15/h1-2H,12H2. The normalized spacial score (nSPS) is 11.5. The highest BCUT2D eigenvalue weighted by molar-refractivity contribution is 9.10. The number of benzene rings is 1. The molecule has 4 nitrogen and oxygen atoms in total. The number of anilines is 1. The minimum atomic E-state index is -4.50. The molecule has 9 heteroatoms. The third kappa shape index (κ3) is 3.27. The van der Waals surface area contributed by atoms with Crippen molar-refractivity contribution in [3.8, 4) is 0 Å². The Hall–Kier alpha value is -0.960. The lowest BCUT2D eigenvalue weighted by Gasteiger charge is -2.07. The number of halogens is 4. The third-order valence-electron chi connectivity index (χ3n) is 1.51. The number of nitro groups is 1. The van der Waals surface area contributed by atoms with Crippen molar-refractivity contribution < 1.29 is 18.1 Å². The van der Waals surface area contributed by atoms with E-state index in [1.54, 1.807) is 0 Å². The van der Waals surface area contributed by atoms with Gasteiger partial charge in [-0.2, -0.15) is 13.2 Å². The molecule has 0 aromatic heterocycles. The highest BCUT2D eigenvalue weighted by Crippen LogP contribution is 2.41. The van der Waals surface area contributed by atoms with Gasteiger partial charge in [-0.25, -0.2) is 0 Å². The van der Waals surface area contributed by atoms with Crippen LogP contribution in [0.5, 0.6) is 0 Å². The van der Waals surface area contributed by atoms with Crippen LogP contribution < -0.4 is 5.73 Å². The molecule has 1 aromatic carbocycles. The average Bonchev–Trinajstić information content (AvgIpc) is 2.07. The van der Waals surface area contributed by atoms with E-state index < -0.39 is 27.9 Å². The van der Waals surface area contributed by atoms with Crippen molar-refractivity contribution in [1.82, 2.24) is 0 Å². The number of thioether (sulfide) groups is 1. The molecule has 0 amide bonds. The molecule has 0 radical (unpaired) electrons. The van der Waals surface area contributed by atoms with Gasteiger partial charge < -0.3 is 5.73 Å². The molecule has 0 aliphatic heterocycles. The van der Waals surface area contributed by atoms with Gasteiger partial charge in [0.25, 0.3) is 5.69 Å². The van der Waals surface area contributed by atoms with Crippen molar-refractivity contribution in [3.05, 3.63) is 26.7 Å².